The SMILES string of the molecule is CNC1C(=O)N(Cc2ncncn2)CCOC1C. The van der Waals surface area contributed by atoms with Gasteiger partial charge in [-0.3, -0.25) is 4.79 Å². The van der Waals surface area contributed by atoms with Gasteiger partial charge in [0.15, 0.2) is 5.82 Å². The highest BCUT2D eigenvalue weighted by Gasteiger charge is 2.31. The van der Waals surface area contributed by atoms with E-state index in [2.05, 4.69) is 20.3 Å². The maximum atomic E-state index is 12.3. The molecule has 2 rings (SSSR count). The Morgan fingerprint density at radius 3 is 2.89 bits per heavy atom. The molecule has 2 heterocycles. The van der Waals surface area contributed by atoms with Crippen molar-refractivity contribution in [3.8, 4) is 0 Å². The smallest absolute Gasteiger partial charge is 0.242 e. The second-order valence-electron chi connectivity index (χ2n) is 4.16. The minimum Gasteiger partial charge on any atom is -0.374 e. The highest BCUT2D eigenvalue weighted by atomic mass is 16.5. The molecule has 0 saturated carbocycles. The van der Waals surface area contributed by atoms with Crippen molar-refractivity contribution in [2.45, 2.75) is 25.6 Å². The van der Waals surface area contributed by atoms with Crippen LogP contribution in [0.25, 0.3) is 0 Å². The van der Waals surface area contributed by atoms with Crippen LogP contribution in [0.15, 0.2) is 12.7 Å². The number of hydrogen-bond acceptors (Lipinski definition) is 6. The van der Waals surface area contributed by atoms with Gasteiger partial charge in [-0.05, 0) is 14.0 Å². The highest BCUT2D eigenvalue weighted by Crippen LogP contribution is 2.10. The van der Waals surface area contributed by atoms with E-state index in [9.17, 15) is 4.79 Å². The first-order chi connectivity index (χ1) is 8.72. The summed E-state index contributed by atoms with van der Waals surface area (Å²) in [6, 6.07) is -0.325. The van der Waals surface area contributed by atoms with Crippen LogP contribution < -0.4 is 5.32 Å². The van der Waals surface area contributed by atoms with Crippen LogP contribution in [0.5, 0.6) is 0 Å². The molecule has 0 bridgehead atoms. The van der Waals surface area contributed by atoms with E-state index in [-0.39, 0.29) is 18.1 Å². The fourth-order valence-corrected chi connectivity index (χ4v) is 1.98. The number of carbonyl (C=O) groups excluding carboxylic acids is 1. The Morgan fingerprint density at radius 1 is 1.50 bits per heavy atom. The zero-order valence-electron chi connectivity index (χ0n) is 10.5. The first kappa shape index (κ1) is 12.8. The molecule has 1 aliphatic rings. The molecule has 1 aromatic heterocycles. The first-order valence-corrected chi connectivity index (χ1v) is 5.91. The van der Waals surface area contributed by atoms with Crippen LogP contribution in [0, 0.1) is 0 Å². The lowest BCUT2D eigenvalue weighted by Gasteiger charge is -2.24. The summed E-state index contributed by atoms with van der Waals surface area (Å²) in [5.74, 6) is 0.602. The van der Waals surface area contributed by atoms with Gasteiger partial charge >= 0.3 is 0 Å². The molecular weight excluding hydrogens is 234 g/mol. The second kappa shape index (κ2) is 5.83. The van der Waals surface area contributed by atoms with Gasteiger partial charge in [0, 0.05) is 6.54 Å². The average molecular weight is 251 g/mol. The molecule has 0 aliphatic carbocycles. The minimum absolute atomic E-state index is 0.0166. The molecule has 0 radical (unpaired) electrons. The number of amides is 1. The van der Waals surface area contributed by atoms with Gasteiger partial charge in [-0.2, -0.15) is 0 Å². The zero-order valence-corrected chi connectivity index (χ0v) is 10.5. The summed E-state index contributed by atoms with van der Waals surface area (Å²) < 4.78 is 5.57. The van der Waals surface area contributed by atoms with Gasteiger partial charge in [-0.25, -0.2) is 15.0 Å². The van der Waals surface area contributed by atoms with Crippen LogP contribution in [0.1, 0.15) is 12.7 Å². The molecule has 1 amide bonds. The normalized spacial score (nSPS) is 25.0. The van der Waals surface area contributed by atoms with E-state index >= 15 is 0 Å². The molecule has 7 nitrogen and oxygen atoms in total. The molecule has 2 unspecified atom stereocenters. The number of aromatic nitrogens is 3. The van der Waals surface area contributed by atoms with Gasteiger partial charge in [-0.1, -0.05) is 0 Å². The Bertz CT molecular complexity index is 400. The molecule has 2 atom stereocenters. The fourth-order valence-electron chi connectivity index (χ4n) is 1.98. The second-order valence-corrected chi connectivity index (χ2v) is 4.16. The molecule has 0 spiro atoms. The van der Waals surface area contributed by atoms with Crippen molar-refractivity contribution in [1.29, 1.82) is 0 Å². The van der Waals surface area contributed by atoms with Crippen molar-refractivity contribution in [2.75, 3.05) is 20.2 Å². The van der Waals surface area contributed by atoms with E-state index in [4.69, 9.17) is 4.74 Å². The van der Waals surface area contributed by atoms with E-state index in [1.54, 1.807) is 11.9 Å². The van der Waals surface area contributed by atoms with Crippen molar-refractivity contribution >= 4 is 5.91 Å². The van der Waals surface area contributed by atoms with Crippen molar-refractivity contribution < 1.29 is 9.53 Å². The van der Waals surface area contributed by atoms with E-state index in [0.717, 1.165) is 0 Å². The highest BCUT2D eigenvalue weighted by molar-refractivity contribution is 5.82. The molecular formula is C11H17N5O2. The van der Waals surface area contributed by atoms with Gasteiger partial charge in [0.1, 0.15) is 18.7 Å². The number of likely N-dealkylation sites (N-methyl/N-ethyl adjacent to an activating group) is 1. The Labute approximate surface area is 106 Å². The van der Waals surface area contributed by atoms with E-state index < -0.39 is 0 Å². The zero-order chi connectivity index (χ0) is 13.0. The standard InChI is InChI=1S/C11H17N5O2/c1-8-10(12-2)11(17)16(3-4-18-8)5-9-14-6-13-7-15-9/h6-8,10,12H,3-5H2,1-2H3. The van der Waals surface area contributed by atoms with Gasteiger partial charge in [0.2, 0.25) is 5.91 Å². The number of nitrogens with zero attached hydrogens (tertiary/aromatic N) is 4. The van der Waals surface area contributed by atoms with Crippen molar-refractivity contribution in [1.82, 2.24) is 25.2 Å². The number of rotatable bonds is 3. The molecule has 1 saturated heterocycles. The van der Waals surface area contributed by atoms with Crippen molar-refractivity contribution in [3.05, 3.63) is 18.5 Å². The quantitative estimate of drug-likeness (QED) is 0.758. The Morgan fingerprint density at radius 2 is 2.22 bits per heavy atom. The predicted molar refractivity (Wildman–Crippen MR) is 63.5 cm³/mol. The first-order valence-electron chi connectivity index (χ1n) is 5.91. The van der Waals surface area contributed by atoms with Crippen LogP contribution in [0.4, 0.5) is 0 Å². The topological polar surface area (TPSA) is 80.2 Å². The van der Waals surface area contributed by atoms with Crippen molar-refractivity contribution in [3.63, 3.8) is 0 Å². The van der Waals surface area contributed by atoms with Crippen LogP contribution in [0.2, 0.25) is 0 Å². The van der Waals surface area contributed by atoms with Gasteiger partial charge in [0.25, 0.3) is 0 Å². The maximum Gasteiger partial charge on any atom is 0.242 e. The molecule has 0 aromatic carbocycles. The predicted octanol–water partition coefficient (Wildman–Crippen LogP) is -0.793. The number of ether oxygens (including phenoxy) is 1. The number of nitrogens with one attached hydrogen (secondary N) is 1. The monoisotopic (exact) mass is 251 g/mol. The minimum atomic E-state index is -0.325. The Kier molecular flexibility index (Phi) is 4.16. The Balaban J connectivity index is 2.10. The average Bonchev–Trinajstić information content (AvgIpc) is 2.51. The molecule has 98 valence electrons. The van der Waals surface area contributed by atoms with E-state index in [1.807, 2.05) is 6.92 Å². The number of carbonyl (C=O) groups is 1. The third-order valence-electron chi connectivity index (χ3n) is 2.98. The van der Waals surface area contributed by atoms with Crippen LogP contribution >= 0.6 is 0 Å². The Hall–Kier alpha value is -1.60. The summed E-state index contributed by atoms with van der Waals surface area (Å²) in [5.41, 5.74) is 0. The lowest BCUT2D eigenvalue weighted by Crippen LogP contribution is -2.48. The van der Waals surface area contributed by atoms with E-state index in [0.29, 0.717) is 25.5 Å². The summed E-state index contributed by atoms with van der Waals surface area (Å²) in [4.78, 5) is 25.8. The molecule has 1 aliphatic heterocycles. The lowest BCUT2D eigenvalue weighted by molar-refractivity contribution is -0.134. The lowest BCUT2D eigenvalue weighted by atomic mass is 10.1. The fraction of sp³-hybridized carbons (Fsp3) is 0.636. The third kappa shape index (κ3) is 2.80. The summed E-state index contributed by atoms with van der Waals surface area (Å²) in [6.07, 6.45) is 2.73. The summed E-state index contributed by atoms with van der Waals surface area (Å²) >= 11 is 0. The molecule has 7 heteroatoms. The molecule has 1 aromatic rings. The molecule has 1 fully saturated rings. The van der Waals surface area contributed by atoms with Crippen LogP contribution in [0.3, 0.4) is 0 Å². The maximum absolute atomic E-state index is 12.3. The van der Waals surface area contributed by atoms with Crippen LogP contribution in [-0.2, 0) is 16.1 Å². The summed E-state index contributed by atoms with van der Waals surface area (Å²) in [6.45, 7) is 3.35. The van der Waals surface area contributed by atoms with Gasteiger partial charge in [-0.15, -0.1) is 0 Å². The molecule has 1 N–H and O–H groups in total. The third-order valence-corrected chi connectivity index (χ3v) is 2.98. The largest absolute Gasteiger partial charge is 0.374 e. The van der Waals surface area contributed by atoms with E-state index in [1.165, 1.54) is 12.7 Å². The van der Waals surface area contributed by atoms with Crippen LogP contribution in [-0.4, -0.2) is 58.1 Å². The van der Waals surface area contributed by atoms with Gasteiger partial charge in [0.05, 0.1) is 19.3 Å². The van der Waals surface area contributed by atoms with Gasteiger partial charge < -0.3 is 15.0 Å². The van der Waals surface area contributed by atoms with Crippen molar-refractivity contribution in [2.24, 2.45) is 0 Å². The molecule has 18 heavy (non-hydrogen) atoms. The summed E-state index contributed by atoms with van der Waals surface area (Å²) in [7, 11) is 1.76. The number of hydrogen-bond donors (Lipinski definition) is 1. The summed E-state index contributed by atoms with van der Waals surface area (Å²) in [5, 5.41) is 2.99.